The van der Waals surface area contributed by atoms with Crippen LogP contribution in [-0.2, 0) is 0 Å². The van der Waals surface area contributed by atoms with Crippen LogP contribution in [0.1, 0.15) is 111 Å². The minimum atomic E-state index is 0.304. The maximum Gasteiger partial charge on any atom is 0.0541 e. The summed E-state index contributed by atoms with van der Waals surface area (Å²) in [5, 5.41) is 0. The van der Waals surface area contributed by atoms with Crippen LogP contribution >= 0.6 is 22.6 Å². The maximum absolute atomic E-state index is 2.93. The van der Waals surface area contributed by atoms with E-state index in [0.29, 0.717) is 40.7 Å². The van der Waals surface area contributed by atoms with Crippen LogP contribution in [0.4, 0.5) is 5.69 Å². The fourth-order valence-corrected chi connectivity index (χ4v) is 9.08. The van der Waals surface area contributed by atoms with Crippen LogP contribution in [0.15, 0.2) is 72.4 Å². The first kappa shape index (κ1) is 30.2. The summed E-state index contributed by atoms with van der Waals surface area (Å²) < 4.78 is 0.740. The Hall–Kier alpha value is -1.29. The number of anilines is 1. The van der Waals surface area contributed by atoms with E-state index >= 15 is 0 Å². The van der Waals surface area contributed by atoms with E-state index in [2.05, 4.69) is 136 Å². The van der Waals surface area contributed by atoms with E-state index in [1.807, 2.05) is 0 Å². The molecule has 0 bridgehead atoms. The van der Waals surface area contributed by atoms with Gasteiger partial charge in [-0.25, -0.2) is 0 Å². The fraction of sp³-hybridized carbons (Fsp3) is 0.632. The molecule has 0 amide bonds. The summed E-state index contributed by atoms with van der Waals surface area (Å²) in [5.41, 5.74) is 5.30. The van der Waals surface area contributed by atoms with Gasteiger partial charge in [0.15, 0.2) is 0 Å². The van der Waals surface area contributed by atoms with Gasteiger partial charge in [0, 0.05) is 27.5 Å². The highest BCUT2D eigenvalue weighted by Crippen LogP contribution is 2.48. The number of hydrogen-bond donors (Lipinski definition) is 0. The number of rotatable bonds is 5. The van der Waals surface area contributed by atoms with E-state index in [9.17, 15) is 0 Å². The van der Waals surface area contributed by atoms with Gasteiger partial charge in [0.2, 0.25) is 0 Å². The van der Waals surface area contributed by atoms with Crippen molar-refractivity contribution in [1.29, 1.82) is 0 Å². The summed E-state index contributed by atoms with van der Waals surface area (Å²) in [6, 6.07) is 10.8. The third-order valence-corrected chi connectivity index (χ3v) is 11.6. The molecule has 5 rings (SSSR count). The summed E-state index contributed by atoms with van der Waals surface area (Å²) in [4.78, 5) is 2.93. The molecule has 0 spiro atoms. The molecule has 0 saturated heterocycles. The van der Waals surface area contributed by atoms with Crippen LogP contribution in [0.2, 0.25) is 0 Å². The van der Waals surface area contributed by atoms with Gasteiger partial charge < -0.3 is 4.90 Å². The number of halogens is 1. The molecule has 40 heavy (non-hydrogen) atoms. The van der Waals surface area contributed by atoms with Crippen molar-refractivity contribution in [3.05, 3.63) is 77.9 Å². The second-order valence-corrected chi connectivity index (χ2v) is 17.2. The Morgan fingerprint density at radius 1 is 0.800 bits per heavy atom. The van der Waals surface area contributed by atoms with E-state index in [-0.39, 0.29) is 0 Å². The lowest BCUT2D eigenvalue weighted by Gasteiger charge is -2.51. The average Bonchev–Trinajstić information content (AvgIpc) is 2.93. The molecular weight excluding hydrogens is 597 g/mol. The Morgan fingerprint density at radius 2 is 1.57 bits per heavy atom. The zero-order valence-corrected chi connectivity index (χ0v) is 28.2. The lowest BCUT2D eigenvalue weighted by atomic mass is 9.66. The molecule has 1 nitrogen and oxygen atoms in total. The molecule has 0 aliphatic heterocycles. The van der Waals surface area contributed by atoms with Crippen LogP contribution in [0.3, 0.4) is 0 Å². The largest absolute Gasteiger partial charge is 0.361 e. The quantitative estimate of drug-likeness (QED) is 0.174. The number of hydrogen-bond acceptors (Lipinski definition) is 1. The number of nitrogens with zero attached hydrogens (tertiary/aromatic N) is 1. The van der Waals surface area contributed by atoms with Crippen LogP contribution < -0.4 is 4.90 Å². The minimum Gasteiger partial charge on any atom is -0.361 e. The van der Waals surface area contributed by atoms with Crippen molar-refractivity contribution < 1.29 is 0 Å². The first-order valence-corrected chi connectivity index (χ1v) is 17.5. The smallest absolute Gasteiger partial charge is 0.0541 e. The highest BCUT2D eigenvalue weighted by atomic mass is 127. The summed E-state index contributed by atoms with van der Waals surface area (Å²) in [6.45, 7) is 14.7. The van der Waals surface area contributed by atoms with Crippen molar-refractivity contribution in [2.45, 2.75) is 121 Å². The van der Waals surface area contributed by atoms with Crippen LogP contribution in [0, 0.1) is 28.6 Å². The molecule has 0 aromatic heterocycles. The maximum atomic E-state index is 2.93. The van der Waals surface area contributed by atoms with Gasteiger partial charge in [-0.2, -0.15) is 0 Å². The predicted octanol–water partition coefficient (Wildman–Crippen LogP) is 11.2. The normalized spacial score (nSPS) is 33.1. The Morgan fingerprint density at radius 3 is 2.20 bits per heavy atom. The molecule has 2 heteroatoms. The average molecular weight is 652 g/mol. The van der Waals surface area contributed by atoms with Gasteiger partial charge in [0.25, 0.3) is 0 Å². The van der Waals surface area contributed by atoms with Crippen LogP contribution in [0.5, 0.6) is 0 Å². The monoisotopic (exact) mass is 651 g/mol. The first-order chi connectivity index (χ1) is 19.0. The predicted molar refractivity (Wildman–Crippen MR) is 183 cm³/mol. The van der Waals surface area contributed by atoms with Gasteiger partial charge in [-0.3, -0.25) is 0 Å². The SMILES string of the molecule is CC(C)(C)C1C=CC(N(c2ccc(C3C=CC=CC3)cc2)C2CC(I)CC(C(C)(C)C)C2)C(C2=CCCCC2)C1. The van der Waals surface area contributed by atoms with Crippen LogP contribution in [0.25, 0.3) is 0 Å². The second-order valence-electron chi connectivity index (χ2n) is 15.4. The molecule has 1 aromatic rings. The zero-order valence-electron chi connectivity index (χ0n) is 26.1. The van der Waals surface area contributed by atoms with Crippen molar-refractivity contribution in [3.8, 4) is 0 Å². The highest BCUT2D eigenvalue weighted by molar-refractivity contribution is 14.1. The molecule has 1 saturated carbocycles. The molecule has 1 fully saturated rings. The number of alkyl halides is 1. The highest BCUT2D eigenvalue weighted by Gasteiger charge is 2.43. The lowest BCUT2D eigenvalue weighted by Crippen LogP contribution is -2.52. The molecule has 4 aliphatic carbocycles. The Kier molecular flexibility index (Phi) is 9.45. The Balaban J connectivity index is 1.55. The Labute approximate surface area is 259 Å². The molecule has 7 atom stereocenters. The standard InChI is InChI=1S/C38H54IN/c1-37(2,3)30-19-22-36(35(25-30)29-15-11-8-12-16-29)40(34-24-31(38(4,5)6)23-32(39)26-34)33-20-17-28(18-21-33)27-13-9-7-10-14-27/h7,9-10,13,15,17-22,27,30-32,34-36H,8,11-12,14,16,23-26H2,1-6H3. The summed E-state index contributed by atoms with van der Waals surface area (Å²) in [7, 11) is 0. The lowest BCUT2D eigenvalue weighted by molar-refractivity contribution is 0.162. The molecule has 0 N–H and O–H groups in total. The molecule has 1 aromatic carbocycles. The molecule has 0 heterocycles. The van der Waals surface area contributed by atoms with E-state index < -0.39 is 0 Å². The van der Waals surface area contributed by atoms with Crippen molar-refractivity contribution in [3.63, 3.8) is 0 Å². The summed E-state index contributed by atoms with van der Waals surface area (Å²) in [6.07, 6.45) is 28.6. The summed E-state index contributed by atoms with van der Waals surface area (Å²) in [5.74, 6) is 2.52. The van der Waals surface area contributed by atoms with Gasteiger partial charge in [0.1, 0.15) is 0 Å². The van der Waals surface area contributed by atoms with Crippen molar-refractivity contribution in [2.75, 3.05) is 4.90 Å². The Bertz CT molecular complexity index is 1110. The van der Waals surface area contributed by atoms with E-state index in [0.717, 1.165) is 16.3 Å². The van der Waals surface area contributed by atoms with E-state index in [4.69, 9.17) is 0 Å². The molecule has 0 radical (unpaired) electrons. The fourth-order valence-electron chi connectivity index (χ4n) is 7.88. The molecule has 7 unspecified atom stereocenters. The van der Waals surface area contributed by atoms with Gasteiger partial charge in [-0.05, 0) is 98.1 Å². The van der Waals surface area contributed by atoms with Gasteiger partial charge in [0.05, 0.1) is 6.04 Å². The van der Waals surface area contributed by atoms with Crippen molar-refractivity contribution >= 4 is 28.3 Å². The number of benzene rings is 1. The molecular formula is C38H54IN. The van der Waals surface area contributed by atoms with Gasteiger partial charge in [-0.15, -0.1) is 0 Å². The third-order valence-electron chi connectivity index (χ3n) is 10.5. The summed E-state index contributed by atoms with van der Waals surface area (Å²) >= 11 is 2.78. The minimum absolute atomic E-state index is 0.304. The van der Waals surface area contributed by atoms with Gasteiger partial charge >= 0.3 is 0 Å². The van der Waals surface area contributed by atoms with E-state index in [1.165, 1.54) is 62.6 Å². The van der Waals surface area contributed by atoms with Crippen LogP contribution in [-0.4, -0.2) is 16.0 Å². The molecule has 4 aliphatic rings. The second kappa shape index (κ2) is 12.5. The zero-order chi connectivity index (χ0) is 28.5. The van der Waals surface area contributed by atoms with E-state index in [1.54, 1.807) is 5.57 Å². The van der Waals surface area contributed by atoms with Crippen molar-refractivity contribution in [2.24, 2.45) is 28.6 Å². The first-order valence-electron chi connectivity index (χ1n) is 16.2. The van der Waals surface area contributed by atoms with Crippen molar-refractivity contribution in [1.82, 2.24) is 0 Å². The van der Waals surface area contributed by atoms with Gasteiger partial charge in [-0.1, -0.05) is 124 Å². The third kappa shape index (κ3) is 7.01. The number of allylic oxidation sites excluding steroid dienone is 6. The molecule has 218 valence electrons. The topological polar surface area (TPSA) is 3.24 Å².